The van der Waals surface area contributed by atoms with Crippen LogP contribution in [-0.2, 0) is 19.2 Å². The van der Waals surface area contributed by atoms with E-state index in [1.165, 1.54) is 0 Å². The summed E-state index contributed by atoms with van der Waals surface area (Å²) in [7, 11) is 0. The third-order valence-electron chi connectivity index (χ3n) is 8.46. The van der Waals surface area contributed by atoms with Gasteiger partial charge in [0.25, 0.3) is 0 Å². The van der Waals surface area contributed by atoms with Crippen LogP contribution < -0.4 is 0 Å². The molecule has 0 spiro atoms. The molecule has 2 saturated carbocycles. The molecule has 6 aliphatic carbocycles. The molecule has 0 N–H and O–H groups in total. The van der Waals surface area contributed by atoms with Gasteiger partial charge in [-0.3, -0.25) is 19.2 Å². The number of hydrogen-bond acceptors (Lipinski definition) is 4. The smallest absolute Gasteiger partial charge is 0.178 e. The van der Waals surface area contributed by atoms with E-state index in [1.807, 2.05) is 24.3 Å². The second-order valence-electron chi connectivity index (χ2n) is 10.5. The highest BCUT2D eigenvalue weighted by atomic mass is 16.1. The number of ketones is 4. The fraction of sp³-hybridized carbons (Fsp3) is 0.310. The van der Waals surface area contributed by atoms with Gasteiger partial charge in [-0.2, -0.15) is 0 Å². The number of fused-ring (bicyclic) bond motifs is 2. The van der Waals surface area contributed by atoms with Gasteiger partial charge in [-0.05, 0) is 120 Å². The minimum atomic E-state index is -0.376. The van der Waals surface area contributed by atoms with E-state index in [0.29, 0.717) is 6.42 Å². The molecular formula is C29H24O4. The minimum Gasteiger partial charge on any atom is -0.290 e. The Morgan fingerprint density at radius 1 is 0.515 bits per heavy atom. The standard InChI is InChI=1S/C29H24O4/c30-23-5-1-19(11-23)15-29(22-4-8-26(33)14-22)17-27(20-2-6-24(31)12-20)9-10-28(16-27,18-29)21-3-7-25(32)13-21/h1-8,11-14H,9-10,15-18H2. The average Bonchev–Trinajstić information content (AvgIpc) is 3.57. The Kier molecular flexibility index (Phi) is 4.17. The molecule has 4 nitrogen and oxygen atoms in total. The first kappa shape index (κ1) is 20.2. The van der Waals surface area contributed by atoms with Crippen molar-refractivity contribution in [3.63, 3.8) is 0 Å². The van der Waals surface area contributed by atoms with Gasteiger partial charge in [0, 0.05) is 5.41 Å². The number of hydrogen-bond donors (Lipinski definition) is 0. The molecule has 6 aliphatic rings. The molecule has 0 aromatic heterocycles. The van der Waals surface area contributed by atoms with Crippen LogP contribution >= 0.6 is 0 Å². The first-order valence-electron chi connectivity index (χ1n) is 11.6. The van der Waals surface area contributed by atoms with E-state index >= 15 is 0 Å². The summed E-state index contributed by atoms with van der Waals surface area (Å²) in [6.07, 6.45) is 26.2. The van der Waals surface area contributed by atoms with Crippen LogP contribution in [0.15, 0.2) is 95.2 Å². The van der Waals surface area contributed by atoms with Gasteiger partial charge in [-0.15, -0.1) is 0 Å². The molecule has 0 saturated heterocycles. The maximum atomic E-state index is 12.3. The minimum absolute atomic E-state index is 0.00515. The van der Waals surface area contributed by atoms with Crippen LogP contribution in [0, 0.1) is 16.2 Å². The van der Waals surface area contributed by atoms with E-state index in [0.717, 1.165) is 54.4 Å². The largest absolute Gasteiger partial charge is 0.290 e. The fourth-order valence-electron chi connectivity index (χ4n) is 7.31. The van der Waals surface area contributed by atoms with Crippen molar-refractivity contribution in [3.8, 4) is 0 Å². The molecule has 0 aliphatic heterocycles. The molecule has 0 aromatic rings. The summed E-state index contributed by atoms with van der Waals surface area (Å²) in [5, 5.41) is 0. The Labute approximate surface area is 192 Å². The monoisotopic (exact) mass is 436 g/mol. The predicted octanol–water partition coefficient (Wildman–Crippen LogP) is 4.57. The molecule has 0 heterocycles. The Morgan fingerprint density at radius 3 is 1.39 bits per heavy atom. The summed E-state index contributed by atoms with van der Waals surface area (Å²) in [6, 6.07) is 0. The number of allylic oxidation sites excluding steroid dienone is 16. The van der Waals surface area contributed by atoms with Crippen molar-refractivity contribution < 1.29 is 19.2 Å². The van der Waals surface area contributed by atoms with E-state index < -0.39 is 0 Å². The second-order valence-corrected chi connectivity index (χ2v) is 10.5. The molecule has 2 bridgehead atoms. The molecule has 164 valence electrons. The van der Waals surface area contributed by atoms with Gasteiger partial charge >= 0.3 is 0 Å². The quantitative estimate of drug-likeness (QED) is 0.633. The summed E-state index contributed by atoms with van der Waals surface area (Å²) < 4.78 is 0. The van der Waals surface area contributed by atoms with E-state index in [-0.39, 0.29) is 39.4 Å². The van der Waals surface area contributed by atoms with Gasteiger partial charge in [0.15, 0.2) is 23.1 Å². The van der Waals surface area contributed by atoms with Crippen molar-refractivity contribution >= 4 is 23.1 Å². The SMILES string of the molecule is O=C1C=CC(CC2(C3=CC(=O)C=C3)CC3(C4=CC(=O)C=C4)CCC(C4=CC(=O)C=C4)(C3)C2)=C1. The lowest BCUT2D eigenvalue weighted by Gasteiger charge is -2.52. The molecule has 6 rings (SSSR count). The van der Waals surface area contributed by atoms with Crippen molar-refractivity contribution in [1.82, 2.24) is 0 Å². The zero-order valence-corrected chi connectivity index (χ0v) is 18.3. The molecule has 33 heavy (non-hydrogen) atoms. The average molecular weight is 437 g/mol. The molecular weight excluding hydrogens is 412 g/mol. The van der Waals surface area contributed by atoms with E-state index in [9.17, 15) is 19.2 Å². The van der Waals surface area contributed by atoms with Gasteiger partial charge in [-0.25, -0.2) is 0 Å². The summed E-state index contributed by atoms with van der Waals surface area (Å²) in [5.41, 5.74) is 3.29. The molecule has 0 radical (unpaired) electrons. The number of rotatable bonds is 5. The normalized spacial score (nSPS) is 36.2. The summed E-state index contributed by atoms with van der Waals surface area (Å²) >= 11 is 0. The highest BCUT2D eigenvalue weighted by Gasteiger charge is 2.61. The van der Waals surface area contributed by atoms with E-state index in [2.05, 4.69) is 0 Å². The molecule has 4 heteroatoms. The van der Waals surface area contributed by atoms with Crippen LogP contribution in [0.5, 0.6) is 0 Å². The first-order valence-corrected chi connectivity index (χ1v) is 11.6. The molecule has 2 atom stereocenters. The van der Waals surface area contributed by atoms with E-state index in [1.54, 1.807) is 48.6 Å². The van der Waals surface area contributed by atoms with Crippen molar-refractivity contribution in [3.05, 3.63) is 95.2 Å². The number of carbonyl (C=O) groups is 4. The zero-order chi connectivity index (χ0) is 22.8. The van der Waals surface area contributed by atoms with Crippen LogP contribution in [0.4, 0.5) is 0 Å². The van der Waals surface area contributed by atoms with Crippen molar-refractivity contribution in [2.24, 2.45) is 16.2 Å². The Hall–Kier alpha value is -3.40. The summed E-state index contributed by atoms with van der Waals surface area (Å²) in [4.78, 5) is 48.6. The van der Waals surface area contributed by atoms with Crippen LogP contribution in [0.1, 0.15) is 38.5 Å². The maximum absolute atomic E-state index is 12.3. The van der Waals surface area contributed by atoms with Crippen LogP contribution in [0.25, 0.3) is 0 Å². The topological polar surface area (TPSA) is 68.3 Å². The zero-order valence-electron chi connectivity index (χ0n) is 18.3. The Balaban J connectivity index is 1.53. The summed E-state index contributed by atoms with van der Waals surface area (Å²) in [6.45, 7) is 0. The molecule has 0 aromatic carbocycles. The van der Waals surface area contributed by atoms with Crippen molar-refractivity contribution in [2.45, 2.75) is 38.5 Å². The van der Waals surface area contributed by atoms with Crippen LogP contribution in [0.3, 0.4) is 0 Å². The Morgan fingerprint density at radius 2 is 0.970 bits per heavy atom. The predicted molar refractivity (Wildman–Crippen MR) is 124 cm³/mol. The van der Waals surface area contributed by atoms with Crippen molar-refractivity contribution in [2.75, 3.05) is 0 Å². The van der Waals surface area contributed by atoms with Gasteiger partial charge in [0.1, 0.15) is 0 Å². The second kappa shape index (κ2) is 6.80. The fourth-order valence-corrected chi connectivity index (χ4v) is 7.31. The van der Waals surface area contributed by atoms with E-state index in [4.69, 9.17) is 0 Å². The van der Waals surface area contributed by atoms with Gasteiger partial charge < -0.3 is 0 Å². The number of carbonyl (C=O) groups excluding carboxylic acids is 4. The van der Waals surface area contributed by atoms with Crippen molar-refractivity contribution in [1.29, 1.82) is 0 Å². The highest BCUT2D eigenvalue weighted by molar-refractivity contribution is 6.05. The summed E-state index contributed by atoms with van der Waals surface area (Å²) in [5.74, 6) is 0.0212. The lowest BCUT2D eigenvalue weighted by atomic mass is 9.51. The maximum Gasteiger partial charge on any atom is 0.178 e. The lowest BCUT2D eigenvalue weighted by Crippen LogP contribution is -2.43. The third-order valence-corrected chi connectivity index (χ3v) is 8.46. The van der Waals surface area contributed by atoms with Gasteiger partial charge in [0.2, 0.25) is 0 Å². The lowest BCUT2D eigenvalue weighted by molar-refractivity contribution is -0.111. The highest BCUT2D eigenvalue weighted by Crippen LogP contribution is 2.72. The van der Waals surface area contributed by atoms with Crippen LogP contribution in [0.2, 0.25) is 0 Å². The first-order chi connectivity index (χ1) is 15.8. The Bertz CT molecular complexity index is 1230. The van der Waals surface area contributed by atoms with Gasteiger partial charge in [0.05, 0.1) is 0 Å². The molecule has 2 fully saturated rings. The molecule has 0 amide bonds. The third kappa shape index (κ3) is 3.12. The van der Waals surface area contributed by atoms with Crippen LogP contribution in [-0.4, -0.2) is 23.1 Å². The van der Waals surface area contributed by atoms with Gasteiger partial charge in [-0.1, -0.05) is 24.3 Å². The molecule has 2 unspecified atom stereocenters.